The second-order valence-corrected chi connectivity index (χ2v) is 5.05. The molecule has 74 valence electrons. The van der Waals surface area contributed by atoms with Crippen molar-refractivity contribution in [1.82, 2.24) is 4.72 Å². The molecule has 5 heteroatoms. The average Bonchev–Trinajstić information content (AvgIpc) is 2.19. The van der Waals surface area contributed by atoms with Crippen LogP contribution in [-0.4, -0.2) is 21.6 Å². The summed E-state index contributed by atoms with van der Waals surface area (Å²) in [7, 11) is -2.41. The average molecular weight is 228 g/mol. The summed E-state index contributed by atoms with van der Waals surface area (Å²) in [5, 5.41) is 0. The van der Waals surface area contributed by atoms with E-state index in [0.29, 0.717) is 0 Å². The summed E-state index contributed by atoms with van der Waals surface area (Å²) < 4.78 is 25.5. The minimum absolute atomic E-state index is 0.245. The summed E-state index contributed by atoms with van der Waals surface area (Å²) in [5.74, 6) is 0. The van der Waals surface area contributed by atoms with Crippen molar-refractivity contribution in [2.24, 2.45) is 0 Å². The van der Waals surface area contributed by atoms with Crippen LogP contribution in [0.15, 0.2) is 35.2 Å². The number of hydrogen-bond donors (Lipinski definition) is 1. The molecule has 0 atom stereocenters. The van der Waals surface area contributed by atoms with Gasteiger partial charge in [-0.05, 0) is 0 Å². The maximum atomic E-state index is 11.6. The van der Waals surface area contributed by atoms with Crippen LogP contribution in [0.3, 0.4) is 0 Å². The Morgan fingerprint density at radius 2 is 2.00 bits per heavy atom. The fraction of sp³-hybridized carbons (Fsp3) is 0.222. The van der Waals surface area contributed by atoms with Crippen LogP contribution in [0.1, 0.15) is 0 Å². The molecule has 0 aliphatic heterocycles. The minimum atomic E-state index is -3.35. The van der Waals surface area contributed by atoms with Gasteiger partial charge in [-0.15, -0.1) is 0 Å². The molecule has 0 aliphatic carbocycles. The van der Waals surface area contributed by atoms with Gasteiger partial charge in [0.25, 0.3) is 0 Å². The van der Waals surface area contributed by atoms with E-state index in [1.807, 2.05) is 6.66 Å². The van der Waals surface area contributed by atoms with Crippen molar-refractivity contribution < 1.29 is 8.42 Å². The zero-order chi connectivity index (χ0) is 10.4. The van der Waals surface area contributed by atoms with Gasteiger partial charge in [0, 0.05) is 0 Å². The Labute approximate surface area is 85.7 Å². The van der Waals surface area contributed by atoms with Gasteiger partial charge in [-0.1, -0.05) is 0 Å². The Hall–Kier alpha value is -0.660. The zero-order valence-electron chi connectivity index (χ0n) is 7.77. The fourth-order valence-electron chi connectivity index (χ4n) is 0.889. The Balaban J connectivity index is 2.80. The van der Waals surface area contributed by atoms with E-state index in [0.717, 1.165) is 8.04 Å². The molecule has 0 heterocycles. The molecule has 1 rings (SSSR count). The molecule has 1 N–H and O–H groups in total. The first-order valence-corrected chi connectivity index (χ1v) is 6.85. The molecule has 0 unspecified atom stereocenters. The Morgan fingerprint density at radius 3 is 2.57 bits per heavy atom. The van der Waals surface area contributed by atoms with Crippen molar-refractivity contribution in [3.05, 3.63) is 30.3 Å². The van der Waals surface area contributed by atoms with Gasteiger partial charge >= 0.3 is 85.3 Å². The third kappa shape index (κ3) is 3.24. The van der Waals surface area contributed by atoms with Gasteiger partial charge in [-0.2, -0.15) is 0 Å². The van der Waals surface area contributed by atoms with Crippen LogP contribution in [0.4, 0.5) is 0 Å². The monoisotopic (exact) mass is 228 g/mol. The molecule has 0 aromatic heterocycles. The van der Waals surface area contributed by atoms with E-state index in [2.05, 4.69) is 10.3 Å². The van der Waals surface area contributed by atoms with Gasteiger partial charge in [-0.3, -0.25) is 0 Å². The van der Waals surface area contributed by atoms with Crippen molar-refractivity contribution in [1.29, 1.82) is 0 Å². The molecule has 1 aromatic carbocycles. The summed E-state index contributed by atoms with van der Waals surface area (Å²) >= 11 is 0. The molecule has 0 saturated carbocycles. The summed E-state index contributed by atoms with van der Waals surface area (Å²) in [5.41, 5.74) is 2.86. The fourth-order valence-corrected chi connectivity index (χ4v) is 2.18. The van der Waals surface area contributed by atoms with E-state index < -0.39 is 10.0 Å². The summed E-state index contributed by atoms with van der Waals surface area (Å²) in [4.78, 5) is 0.287. The maximum absolute atomic E-state index is 11.6. The van der Waals surface area contributed by atoms with Crippen LogP contribution in [0, 0.1) is 5.63 Å². The molecule has 0 amide bonds. The Kier molecular flexibility index (Phi) is 4.30. The molecule has 1 aromatic rings. The second-order valence-electron chi connectivity index (χ2n) is 2.52. The van der Waals surface area contributed by atoms with Gasteiger partial charge in [-0.25, -0.2) is 0 Å². The number of rotatable bonds is 3. The van der Waals surface area contributed by atoms with E-state index in [1.165, 1.54) is 0 Å². The predicted molar refractivity (Wildman–Crippen MR) is 58.4 cm³/mol. The molecule has 0 bridgehead atoms. The number of benzene rings is 1. The van der Waals surface area contributed by atoms with E-state index in [4.69, 9.17) is 0 Å². The van der Waals surface area contributed by atoms with Crippen LogP contribution >= 0.6 is 8.04 Å². The standard InChI is InChI=1S/C9H11NO2PS/c1-13-8-7-10-14(11,12)9-5-3-2-4-6-9/h2-6,10H,7H2,1H3/q+1. The van der Waals surface area contributed by atoms with E-state index in [-0.39, 0.29) is 11.4 Å². The number of nitrogens with one attached hydrogen (secondary N) is 1. The van der Waals surface area contributed by atoms with Crippen LogP contribution in [-0.2, 0) is 10.0 Å². The first kappa shape index (κ1) is 11.4. The second kappa shape index (κ2) is 5.28. The first-order valence-electron chi connectivity index (χ1n) is 4.03. The summed E-state index contributed by atoms with van der Waals surface area (Å²) in [6.07, 6.45) is 0. The third-order valence-corrected chi connectivity index (χ3v) is 3.44. The normalized spacial score (nSPS) is 10.6. The zero-order valence-corrected chi connectivity index (χ0v) is 9.48. The van der Waals surface area contributed by atoms with Gasteiger partial charge in [0.15, 0.2) is 0 Å². The topological polar surface area (TPSA) is 46.2 Å². The van der Waals surface area contributed by atoms with Gasteiger partial charge < -0.3 is 0 Å². The summed E-state index contributed by atoms with van der Waals surface area (Å²) in [6, 6.07) is 8.29. The van der Waals surface area contributed by atoms with E-state index in [9.17, 15) is 8.42 Å². The molecular weight excluding hydrogens is 217 g/mol. The van der Waals surface area contributed by atoms with Crippen LogP contribution < -0.4 is 4.72 Å². The molecule has 0 fully saturated rings. The van der Waals surface area contributed by atoms with E-state index >= 15 is 0 Å². The van der Waals surface area contributed by atoms with Crippen LogP contribution in [0.2, 0.25) is 0 Å². The van der Waals surface area contributed by atoms with Gasteiger partial charge in [0.1, 0.15) is 0 Å². The first-order chi connectivity index (χ1) is 6.67. The van der Waals surface area contributed by atoms with E-state index in [1.54, 1.807) is 30.3 Å². The van der Waals surface area contributed by atoms with Crippen molar-refractivity contribution in [3.63, 3.8) is 0 Å². The summed E-state index contributed by atoms with van der Waals surface area (Å²) in [6.45, 7) is 2.13. The predicted octanol–water partition coefficient (Wildman–Crippen LogP) is 1.50. The van der Waals surface area contributed by atoms with Crippen LogP contribution in [0.25, 0.3) is 0 Å². The Bertz CT molecular complexity index is 445. The molecule has 0 spiro atoms. The third-order valence-electron chi connectivity index (χ3n) is 1.55. The molecular formula is C9H11NO2PS+. The van der Waals surface area contributed by atoms with Crippen molar-refractivity contribution in [2.75, 3.05) is 13.2 Å². The van der Waals surface area contributed by atoms with Crippen LogP contribution in [0.5, 0.6) is 0 Å². The number of hydrogen-bond acceptors (Lipinski definition) is 2. The van der Waals surface area contributed by atoms with Crippen molar-refractivity contribution in [3.8, 4) is 5.63 Å². The van der Waals surface area contributed by atoms with Gasteiger partial charge in [0.2, 0.25) is 0 Å². The Morgan fingerprint density at radius 1 is 1.36 bits per heavy atom. The molecule has 0 radical (unpaired) electrons. The SMILES string of the molecule is C[P+]#CCNS(=O)(=O)c1ccccc1. The van der Waals surface area contributed by atoms with Gasteiger partial charge in [0.05, 0.1) is 0 Å². The van der Waals surface area contributed by atoms with Crippen molar-refractivity contribution >= 4 is 18.1 Å². The molecule has 0 aliphatic rings. The number of sulfonamides is 1. The molecule has 3 nitrogen and oxygen atoms in total. The quantitative estimate of drug-likeness (QED) is 0.797. The molecule has 14 heavy (non-hydrogen) atoms. The molecule has 0 saturated heterocycles. The van der Waals surface area contributed by atoms with Crippen molar-refractivity contribution in [2.45, 2.75) is 4.90 Å².